The maximum Gasteiger partial charge on any atom is 0.0284 e. The number of thiophene rings is 1. The van der Waals surface area contributed by atoms with Crippen LogP contribution in [0.15, 0.2) is 17.5 Å². The highest BCUT2D eigenvalue weighted by Crippen LogP contribution is 2.32. The van der Waals surface area contributed by atoms with E-state index in [9.17, 15) is 0 Å². The van der Waals surface area contributed by atoms with Crippen molar-refractivity contribution < 1.29 is 0 Å². The molecule has 2 rings (SSSR count). The Morgan fingerprint density at radius 2 is 2.36 bits per heavy atom. The van der Waals surface area contributed by atoms with Crippen LogP contribution >= 0.6 is 11.3 Å². The van der Waals surface area contributed by atoms with E-state index < -0.39 is 0 Å². The zero-order valence-electron chi connectivity index (χ0n) is 8.70. The van der Waals surface area contributed by atoms with Gasteiger partial charge < -0.3 is 10.6 Å². The van der Waals surface area contributed by atoms with Crippen molar-refractivity contribution in [2.45, 2.75) is 24.8 Å². The first-order chi connectivity index (χ1) is 6.68. The molecule has 1 aromatic heterocycles. The van der Waals surface area contributed by atoms with Gasteiger partial charge in [0.05, 0.1) is 0 Å². The van der Waals surface area contributed by atoms with E-state index in [1.54, 1.807) is 0 Å². The quantitative estimate of drug-likeness (QED) is 0.801. The highest BCUT2D eigenvalue weighted by molar-refractivity contribution is 7.09. The third-order valence-corrected chi connectivity index (χ3v) is 3.73. The zero-order chi connectivity index (χ0) is 10.0. The van der Waals surface area contributed by atoms with Gasteiger partial charge in [-0.15, -0.1) is 11.3 Å². The Kier molecular flexibility index (Phi) is 2.91. The predicted molar refractivity (Wildman–Crippen MR) is 61.7 cm³/mol. The van der Waals surface area contributed by atoms with Crippen molar-refractivity contribution >= 4 is 11.3 Å². The summed E-state index contributed by atoms with van der Waals surface area (Å²) in [6.07, 6.45) is 3.57. The zero-order valence-corrected chi connectivity index (χ0v) is 9.52. The SMILES string of the molecule is CN(CCc1cccs1)CC1(N)CC1. The molecule has 0 aliphatic heterocycles. The average Bonchev–Trinajstić information content (AvgIpc) is 2.70. The molecule has 0 radical (unpaired) electrons. The van der Waals surface area contributed by atoms with Crippen molar-refractivity contribution in [2.75, 3.05) is 20.1 Å². The van der Waals surface area contributed by atoms with Crippen molar-refractivity contribution in [1.29, 1.82) is 0 Å². The lowest BCUT2D eigenvalue weighted by molar-refractivity contribution is 0.307. The molecule has 0 amide bonds. The number of rotatable bonds is 5. The van der Waals surface area contributed by atoms with Gasteiger partial charge in [0.25, 0.3) is 0 Å². The molecule has 2 N–H and O–H groups in total. The number of nitrogens with zero attached hydrogens (tertiary/aromatic N) is 1. The Balaban J connectivity index is 1.70. The molecule has 0 aromatic carbocycles. The Bertz CT molecular complexity index is 277. The van der Waals surface area contributed by atoms with Crippen LogP contribution in [0.25, 0.3) is 0 Å². The van der Waals surface area contributed by atoms with Crippen LogP contribution < -0.4 is 5.73 Å². The minimum absolute atomic E-state index is 0.157. The number of likely N-dealkylation sites (N-methyl/N-ethyl adjacent to an activating group) is 1. The molecule has 0 spiro atoms. The molecular formula is C11H18N2S. The maximum absolute atomic E-state index is 6.06. The van der Waals surface area contributed by atoms with E-state index in [1.165, 1.54) is 17.7 Å². The summed E-state index contributed by atoms with van der Waals surface area (Å²) in [6, 6.07) is 4.32. The average molecular weight is 210 g/mol. The summed E-state index contributed by atoms with van der Waals surface area (Å²) in [5, 5.41) is 2.14. The van der Waals surface area contributed by atoms with Crippen molar-refractivity contribution in [3.05, 3.63) is 22.4 Å². The molecule has 1 heterocycles. The monoisotopic (exact) mass is 210 g/mol. The second-order valence-corrected chi connectivity index (χ2v) is 5.46. The van der Waals surface area contributed by atoms with Crippen LogP contribution in [0.3, 0.4) is 0 Å². The van der Waals surface area contributed by atoms with Gasteiger partial charge in [-0.2, -0.15) is 0 Å². The van der Waals surface area contributed by atoms with E-state index >= 15 is 0 Å². The Labute approximate surface area is 89.7 Å². The fourth-order valence-electron chi connectivity index (χ4n) is 1.69. The van der Waals surface area contributed by atoms with Gasteiger partial charge in [-0.25, -0.2) is 0 Å². The van der Waals surface area contributed by atoms with Crippen molar-refractivity contribution in [2.24, 2.45) is 5.73 Å². The van der Waals surface area contributed by atoms with Crippen LogP contribution in [0, 0.1) is 0 Å². The van der Waals surface area contributed by atoms with Crippen molar-refractivity contribution in [1.82, 2.24) is 4.90 Å². The topological polar surface area (TPSA) is 29.3 Å². The summed E-state index contributed by atoms with van der Waals surface area (Å²) < 4.78 is 0. The number of hydrogen-bond donors (Lipinski definition) is 1. The van der Waals surface area contributed by atoms with E-state index in [2.05, 4.69) is 29.5 Å². The van der Waals surface area contributed by atoms with Gasteiger partial charge in [0.15, 0.2) is 0 Å². The van der Waals surface area contributed by atoms with E-state index in [1.807, 2.05) is 11.3 Å². The summed E-state index contributed by atoms with van der Waals surface area (Å²) in [6.45, 7) is 2.18. The van der Waals surface area contributed by atoms with E-state index in [0.29, 0.717) is 0 Å². The molecule has 1 aliphatic carbocycles. The third-order valence-electron chi connectivity index (χ3n) is 2.80. The van der Waals surface area contributed by atoms with Gasteiger partial charge in [0.2, 0.25) is 0 Å². The Hall–Kier alpha value is -0.380. The van der Waals surface area contributed by atoms with Gasteiger partial charge in [0, 0.05) is 23.5 Å². The standard InChI is InChI=1S/C11H18N2S/c1-13(9-11(12)5-6-11)7-4-10-3-2-8-14-10/h2-3,8H,4-7,9,12H2,1H3. The second kappa shape index (κ2) is 4.01. The van der Waals surface area contributed by atoms with Crippen molar-refractivity contribution in [3.63, 3.8) is 0 Å². The second-order valence-electron chi connectivity index (χ2n) is 4.43. The molecule has 3 heteroatoms. The molecular weight excluding hydrogens is 192 g/mol. The minimum atomic E-state index is 0.157. The molecule has 14 heavy (non-hydrogen) atoms. The lowest BCUT2D eigenvalue weighted by Gasteiger charge is -2.20. The molecule has 0 bridgehead atoms. The molecule has 0 atom stereocenters. The lowest BCUT2D eigenvalue weighted by Crippen LogP contribution is -2.38. The highest BCUT2D eigenvalue weighted by atomic mass is 32.1. The first-order valence-electron chi connectivity index (χ1n) is 5.18. The van der Waals surface area contributed by atoms with Crippen LogP contribution in [-0.2, 0) is 6.42 Å². The van der Waals surface area contributed by atoms with Crippen LogP contribution in [0.1, 0.15) is 17.7 Å². The van der Waals surface area contributed by atoms with E-state index in [4.69, 9.17) is 5.73 Å². The summed E-state index contributed by atoms with van der Waals surface area (Å²) >= 11 is 1.84. The smallest absolute Gasteiger partial charge is 0.0284 e. The first-order valence-corrected chi connectivity index (χ1v) is 6.06. The van der Waals surface area contributed by atoms with Gasteiger partial charge in [0.1, 0.15) is 0 Å². The maximum atomic E-state index is 6.06. The molecule has 2 nitrogen and oxygen atoms in total. The van der Waals surface area contributed by atoms with Crippen LogP contribution in [-0.4, -0.2) is 30.6 Å². The van der Waals surface area contributed by atoms with Gasteiger partial charge >= 0.3 is 0 Å². The fourth-order valence-corrected chi connectivity index (χ4v) is 2.39. The largest absolute Gasteiger partial charge is 0.324 e. The van der Waals surface area contributed by atoms with Crippen LogP contribution in [0.4, 0.5) is 0 Å². The van der Waals surface area contributed by atoms with E-state index in [-0.39, 0.29) is 5.54 Å². The Morgan fingerprint density at radius 3 is 2.93 bits per heavy atom. The third kappa shape index (κ3) is 2.80. The van der Waals surface area contributed by atoms with Crippen LogP contribution in [0.5, 0.6) is 0 Å². The molecule has 1 saturated carbocycles. The lowest BCUT2D eigenvalue weighted by atomic mass is 10.2. The predicted octanol–water partition coefficient (Wildman–Crippen LogP) is 1.71. The van der Waals surface area contributed by atoms with E-state index in [0.717, 1.165) is 19.5 Å². The summed E-state index contributed by atoms with van der Waals surface area (Å²) in [4.78, 5) is 3.82. The molecule has 0 unspecified atom stereocenters. The fraction of sp³-hybridized carbons (Fsp3) is 0.636. The first kappa shape index (κ1) is 10.1. The minimum Gasteiger partial charge on any atom is -0.324 e. The van der Waals surface area contributed by atoms with Crippen molar-refractivity contribution in [3.8, 4) is 0 Å². The number of nitrogens with two attached hydrogens (primary N) is 1. The van der Waals surface area contributed by atoms with Gasteiger partial charge in [-0.3, -0.25) is 0 Å². The molecule has 0 saturated heterocycles. The normalized spacial score (nSPS) is 18.8. The van der Waals surface area contributed by atoms with Crippen LogP contribution in [0.2, 0.25) is 0 Å². The van der Waals surface area contributed by atoms with Gasteiger partial charge in [-0.1, -0.05) is 6.07 Å². The molecule has 1 fully saturated rings. The molecule has 78 valence electrons. The Morgan fingerprint density at radius 1 is 1.57 bits per heavy atom. The summed E-state index contributed by atoms with van der Waals surface area (Å²) in [5.41, 5.74) is 6.21. The highest BCUT2D eigenvalue weighted by Gasteiger charge is 2.38. The van der Waals surface area contributed by atoms with Gasteiger partial charge in [-0.05, 0) is 37.8 Å². The summed E-state index contributed by atoms with van der Waals surface area (Å²) in [5.74, 6) is 0. The number of hydrogen-bond acceptors (Lipinski definition) is 3. The molecule has 1 aliphatic rings. The summed E-state index contributed by atoms with van der Waals surface area (Å²) in [7, 11) is 2.17. The molecule has 1 aromatic rings.